The van der Waals surface area contributed by atoms with Crippen LogP contribution >= 0.6 is 0 Å². The molecule has 2 nitrogen and oxygen atoms in total. The summed E-state index contributed by atoms with van der Waals surface area (Å²) in [6, 6.07) is 0. The van der Waals surface area contributed by atoms with E-state index in [-0.39, 0.29) is 0 Å². The average molecular weight is 211 g/mol. The Bertz CT molecular complexity index is 181. The van der Waals surface area contributed by atoms with Crippen LogP contribution in [0.3, 0.4) is 0 Å². The van der Waals surface area contributed by atoms with Gasteiger partial charge in [0.1, 0.15) is 0 Å². The second-order valence-corrected chi connectivity index (χ2v) is 5.73. The molecule has 88 valence electrons. The van der Waals surface area contributed by atoms with Crippen LogP contribution in [0.25, 0.3) is 0 Å². The summed E-state index contributed by atoms with van der Waals surface area (Å²) < 4.78 is 5.49. The lowest BCUT2D eigenvalue weighted by atomic mass is 9.88. The number of nitrogens with one attached hydrogen (secondary N) is 1. The normalized spacial score (nSPS) is 30.6. The first-order chi connectivity index (χ1) is 7.29. The summed E-state index contributed by atoms with van der Waals surface area (Å²) in [6.45, 7) is 6.77. The molecule has 0 aromatic carbocycles. The lowest BCUT2D eigenvalue weighted by molar-refractivity contribution is 0.0538. The summed E-state index contributed by atoms with van der Waals surface area (Å²) >= 11 is 0. The van der Waals surface area contributed by atoms with Gasteiger partial charge in [0.15, 0.2) is 0 Å². The Morgan fingerprint density at radius 3 is 2.73 bits per heavy atom. The largest absolute Gasteiger partial charge is 0.381 e. The van der Waals surface area contributed by atoms with Gasteiger partial charge in [-0.15, -0.1) is 0 Å². The van der Waals surface area contributed by atoms with Crippen LogP contribution < -0.4 is 5.32 Å². The highest BCUT2D eigenvalue weighted by molar-refractivity contribution is 4.82. The number of hydrogen-bond donors (Lipinski definition) is 1. The minimum absolute atomic E-state index is 0.593. The van der Waals surface area contributed by atoms with Crippen molar-refractivity contribution in [2.75, 3.05) is 26.3 Å². The van der Waals surface area contributed by atoms with Crippen LogP contribution in [0.15, 0.2) is 0 Å². The molecule has 1 N–H and O–H groups in total. The molecule has 1 saturated carbocycles. The number of ether oxygens (including phenoxy) is 1. The van der Waals surface area contributed by atoms with E-state index in [1.165, 1.54) is 45.1 Å². The van der Waals surface area contributed by atoms with Crippen molar-refractivity contribution in [2.45, 2.75) is 45.4 Å². The van der Waals surface area contributed by atoms with Crippen molar-refractivity contribution >= 4 is 0 Å². The van der Waals surface area contributed by atoms with E-state index in [0.29, 0.717) is 5.41 Å². The molecule has 1 aliphatic heterocycles. The number of rotatable bonds is 4. The van der Waals surface area contributed by atoms with Crippen LogP contribution in [0.1, 0.15) is 45.4 Å². The Morgan fingerprint density at radius 1 is 1.27 bits per heavy atom. The molecule has 1 saturated heterocycles. The Morgan fingerprint density at radius 2 is 2.07 bits per heavy atom. The molecule has 0 spiro atoms. The molecule has 0 bridgehead atoms. The van der Waals surface area contributed by atoms with Crippen LogP contribution in [0.4, 0.5) is 0 Å². The lowest BCUT2D eigenvalue weighted by Crippen LogP contribution is -2.35. The highest BCUT2D eigenvalue weighted by Gasteiger charge is 2.28. The fraction of sp³-hybridized carbons (Fsp3) is 1.00. The molecule has 0 amide bonds. The van der Waals surface area contributed by atoms with Gasteiger partial charge in [0, 0.05) is 19.7 Å². The fourth-order valence-electron chi connectivity index (χ4n) is 2.95. The molecule has 1 aliphatic carbocycles. The third kappa shape index (κ3) is 3.46. The minimum Gasteiger partial charge on any atom is -0.381 e. The third-order valence-corrected chi connectivity index (χ3v) is 4.05. The molecular formula is C13H25NO. The summed E-state index contributed by atoms with van der Waals surface area (Å²) in [5.74, 6) is 0.767. The van der Waals surface area contributed by atoms with Gasteiger partial charge in [0.05, 0.1) is 6.61 Å². The second-order valence-electron chi connectivity index (χ2n) is 5.73. The maximum atomic E-state index is 5.49. The van der Waals surface area contributed by atoms with Gasteiger partial charge in [-0.2, -0.15) is 0 Å². The van der Waals surface area contributed by atoms with Crippen molar-refractivity contribution in [2.24, 2.45) is 11.3 Å². The molecule has 0 aromatic heterocycles. The zero-order chi connectivity index (χ0) is 10.6. The smallest absolute Gasteiger partial charge is 0.0506 e. The van der Waals surface area contributed by atoms with Crippen molar-refractivity contribution in [3.8, 4) is 0 Å². The molecule has 2 fully saturated rings. The second kappa shape index (κ2) is 5.31. The highest BCUT2D eigenvalue weighted by atomic mass is 16.5. The zero-order valence-electron chi connectivity index (χ0n) is 10.1. The zero-order valence-corrected chi connectivity index (χ0v) is 10.1. The summed E-state index contributed by atoms with van der Waals surface area (Å²) in [5, 5.41) is 3.66. The van der Waals surface area contributed by atoms with Crippen molar-refractivity contribution in [3.63, 3.8) is 0 Å². The summed E-state index contributed by atoms with van der Waals surface area (Å²) in [5.41, 5.74) is 0.593. The van der Waals surface area contributed by atoms with E-state index in [1.54, 1.807) is 0 Å². The first-order valence-electron chi connectivity index (χ1n) is 6.57. The van der Waals surface area contributed by atoms with E-state index >= 15 is 0 Å². The maximum absolute atomic E-state index is 5.49. The predicted molar refractivity (Wildman–Crippen MR) is 63.0 cm³/mol. The SMILES string of the molecule is CC1(CNCC2CCCOC2)CCCC1. The third-order valence-electron chi connectivity index (χ3n) is 4.05. The Labute approximate surface area is 93.8 Å². The van der Waals surface area contributed by atoms with E-state index in [1.807, 2.05) is 0 Å². The van der Waals surface area contributed by atoms with Gasteiger partial charge in [0.2, 0.25) is 0 Å². The molecule has 2 heteroatoms. The first-order valence-corrected chi connectivity index (χ1v) is 6.57. The standard InChI is InChI=1S/C13H25NO/c1-13(6-2-3-7-13)11-14-9-12-5-4-8-15-10-12/h12,14H,2-11H2,1H3. The van der Waals surface area contributed by atoms with E-state index < -0.39 is 0 Å². The van der Waals surface area contributed by atoms with Gasteiger partial charge in [-0.3, -0.25) is 0 Å². The predicted octanol–water partition coefficient (Wildman–Crippen LogP) is 2.58. The van der Waals surface area contributed by atoms with E-state index in [4.69, 9.17) is 4.74 Å². The van der Waals surface area contributed by atoms with Gasteiger partial charge >= 0.3 is 0 Å². The van der Waals surface area contributed by atoms with Gasteiger partial charge < -0.3 is 10.1 Å². The van der Waals surface area contributed by atoms with E-state index in [0.717, 1.165) is 25.7 Å². The lowest BCUT2D eigenvalue weighted by Gasteiger charge is -2.27. The minimum atomic E-state index is 0.593. The summed E-state index contributed by atoms with van der Waals surface area (Å²) in [7, 11) is 0. The monoisotopic (exact) mass is 211 g/mol. The van der Waals surface area contributed by atoms with Crippen molar-refractivity contribution in [3.05, 3.63) is 0 Å². The van der Waals surface area contributed by atoms with Crippen molar-refractivity contribution in [1.82, 2.24) is 5.32 Å². The molecule has 0 aromatic rings. The molecular weight excluding hydrogens is 186 g/mol. The average Bonchev–Trinajstić information content (AvgIpc) is 2.67. The maximum Gasteiger partial charge on any atom is 0.0506 e. The Hall–Kier alpha value is -0.0800. The van der Waals surface area contributed by atoms with Crippen LogP contribution in [-0.4, -0.2) is 26.3 Å². The van der Waals surface area contributed by atoms with Gasteiger partial charge in [-0.1, -0.05) is 19.8 Å². The van der Waals surface area contributed by atoms with Crippen LogP contribution in [0.2, 0.25) is 0 Å². The van der Waals surface area contributed by atoms with Crippen molar-refractivity contribution < 1.29 is 4.74 Å². The topological polar surface area (TPSA) is 21.3 Å². The molecule has 1 unspecified atom stereocenters. The van der Waals surface area contributed by atoms with Crippen LogP contribution in [0, 0.1) is 11.3 Å². The van der Waals surface area contributed by atoms with E-state index in [2.05, 4.69) is 12.2 Å². The van der Waals surface area contributed by atoms with Gasteiger partial charge in [0.25, 0.3) is 0 Å². The molecule has 15 heavy (non-hydrogen) atoms. The summed E-state index contributed by atoms with van der Waals surface area (Å²) in [6.07, 6.45) is 8.31. The molecule has 1 atom stereocenters. The summed E-state index contributed by atoms with van der Waals surface area (Å²) in [4.78, 5) is 0. The van der Waals surface area contributed by atoms with Crippen LogP contribution in [0.5, 0.6) is 0 Å². The quantitative estimate of drug-likeness (QED) is 0.771. The first kappa shape index (κ1) is 11.4. The molecule has 0 radical (unpaired) electrons. The van der Waals surface area contributed by atoms with Crippen LogP contribution in [-0.2, 0) is 4.74 Å². The Kier molecular flexibility index (Phi) is 4.04. The molecule has 2 aliphatic rings. The van der Waals surface area contributed by atoms with Gasteiger partial charge in [-0.05, 0) is 37.0 Å². The number of hydrogen-bond acceptors (Lipinski definition) is 2. The highest BCUT2D eigenvalue weighted by Crippen LogP contribution is 2.36. The molecule has 2 rings (SSSR count). The Balaban J connectivity index is 1.61. The van der Waals surface area contributed by atoms with Gasteiger partial charge in [-0.25, -0.2) is 0 Å². The fourth-order valence-corrected chi connectivity index (χ4v) is 2.95. The van der Waals surface area contributed by atoms with E-state index in [9.17, 15) is 0 Å². The molecule has 1 heterocycles. The van der Waals surface area contributed by atoms with Crippen molar-refractivity contribution in [1.29, 1.82) is 0 Å².